The van der Waals surface area contributed by atoms with Crippen LogP contribution in [0.3, 0.4) is 0 Å². The number of aliphatic hydroxyl groups is 1. The van der Waals surface area contributed by atoms with Crippen LogP contribution >= 0.6 is 11.6 Å². The molecule has 3 aromatic rings. The van der Waals surface area contributed by atoms with Crippen LogP contribution in [0.25, 0.3) is 5.76 Å². The Morgan fingerprint density at radius 1 is 1.00 bits per heavy atom. The number of benzene rings is 3. The summed E-state index contributed by atoms with van der Waals surface area (Å²) < 4.78 is 5.22. The highest BCUT2D eigenvalue weighted by molar-refractivity contribution is 6.51. The summed E-state index contributed by atoms with van der Waals surface area (Å²) in [5.41, 5.74) is 1.78. The van der Waals surface area contributed by atoms with Crippen molar-refractivity contribution >= 4 is 40.7 Å². The van der Waals surface area contributed by atoms with Gasteiger partial charge in [-0.2, -0.15) is 0 Å². The van der Waals surface area contributed by atoms with Crippen LogP contribution in [0.15, 0.2) is 78.4 Å². The number of hydrogen-bond acceptors (Lipinski definition) is 5. The molecule has 0 spiro atoms. The van der Waals surface area contributed by atoms with Crippen molar-refractivity contribution in [2.45, 2.75) is 12.5 Å². The minimum absolute atomic E-state index is 0.0739. The van der Waals surface area contributed by atoms with E-state index < -0.39 is 23.7 Å². The molecule has 0 aromatic heterocycles. The number of aliphatic hydroxyl groups excluding tert-OH is 1. The molecule has 4 rings (SSSR count). The average Bonchev–Trinajstić information content (AvgIpc) is 3.10. The van der Waals surface area contributed by atoms with E-state index in [1.807, 2.05) is 0 Å². The first kappa shape index (κ1) is 23.1. The normalized spacial score (nSPS) is 17.1. The number of carboxylic acids is 1. The monoisotopic (exact) mass is 477 g/mol. The molecule has 1 aliphatic heterocycles. The molecule has 8 heteroatoms. The highest BCUT2D eigenvalue weighted by Crippen LogP contribution is 2.42. The van der Waals surface area contributed by atoms with E-state index in [2.05, 4.69) is 0 Å². The van der Waals surface area contributed by atoms with Gasteiger partial charge in [-0.3, -0.25) is 19.3 Å². The number of anilines is 1. The summed E-state index contributed by atoms with van der Waals surface area (Å²) in [7, 11) is 1.43. The van der Waals surface area contributed by atoms with E-state index in [1.165, 1.54) is 30.2 Å². The van der Waals surface area contributed by atoms with Gasteiger partial charge in [-0.05, 0) is 41.5 Å². The van der Waals surface area contributed by atoms with Crippen LogP contribution in [0.2, 0.25) is 5.02 Å². The summed E-state index contributed by atoms with van der Waals surface area (Å²) in [5.74, 6) is -2.66. The predicted octanol–water partition coefficient (Wildman–Crippen LogP) is 4.60. The number of halogens is 1. The number of rotatable bonds is 6. The lowest BCUT2D eigenvalue weighted by atomic mass is 9.95. The van der Waals surface area contributed by atoms with Gasteiger partial charge in [0.05, 0.1) is 30.2 Å². The summed E-state index contributed by atoms with van der Waals surface area (Å²) in [5, 5.41) is 20.5. The van der Waals surface area contributed by atoms with E-state index in [9.17, 15) is 19.5 Å². The number of carboxylic acid groups (broad SMARTS) is 1. The molecule has 1 heterocycles. The molecule has 1 saturated heterocycles. The molecule has 34 heavy (non-hydrogen) atoms. The largest absolute Gasteiger partial charge is 0.507 e. The van der Waals surface area contributed by atoms with Crippen LogP contribution in [-0.4, -0.2) is 35.0 Å². The molecule has 0 saturated carbocycles. The van der Waals surface area contributed by atoms with Gasteiger partial charge in [-0.1, -0.05) is 54.1 Å². The summed E-state index contributed by atoms with van der Waals surface area (Å²) in [4.78, 5) is 38.7. The molecule has 7 nitrogen and oxygen atoms in total. The molecule has 172 valence electrons. The molecule has 0 radical (unpaired) electrons. The summed E-state index contributed by atoms with van der Waals surface area (Å²) >= 11 is 6.10. The van der Waals surface area contributed by atoms with E-state index in [1.54, 1.807) is 54.6 Å². The number of carbonyl (C=O) groups is 3. The predicted molar refractivity (Wildman–Crippen MR) is 127 cm³/mol. The number of ether oxygens (including phenoxy) is 1. The van der Waals surface area contributed by atoms with Crippen molar-refractivity contribution in [1.29, 1.82) is 0 Å². The Bertz CT molecular complexity index is 1300. The number of Topliss-reactive ketones (excluding diaryl/α,β-unsaturated/α-hetero) is 1. The highest BCUT2D eigenvalue weighted by atomic mass is 35.5. The number of nitrogens with zero attached hydrogens (tertiary/aromatic N) is 1. The van der Waals surface area contributed by atoms with E-state index >= 15 is 0 Å². The molecule has 1 fully saturated rings. The Labute approximate surface area is 200 Å². The van der Waals surface area contributed by atoms with Crippen molar-refractivity contribution in [2.24, 2.45) is 0 Å². The van der Waals surface area contributed by atoms with E-state index in [0.29, 0.717) is 27.6 Å². The van der Waals surface area contributed by atoms with Crippen molar-refractivity contribution in [3.05, 3.63) is 100 Å². The lowest BCUT2D eigenvalue weighted by Crippen LogP contribution is -2.29. The van der Waals surface area contributed by atoms with Gasteiger partial charge in [0, 0.05) is 11.3 Å². The molecule has 1 atom stereocenters. The third kappa shape index (κ3) is 4.25. The lowest BCUT2D eigenvalue weighted by Gasteiger charge is -2.25. The minimum atomic E-state index is -0.976. The highest BCUT2D eigenvalue weighted by Gasteiger charge is 2.46. The van der Waals surface area contributed by atoms with Gasteiger partial charge in [0.1, 0.15) is 11.5 Å². The first-order valence-corrected chi connectivity index (χ1v) is 10.7. The quantitative estimate of drug-likeness (QED) is 0.305. The molecular weight excluding hydrogens is 458 g/mol. The van der Waals surface area contributed by atoms with E-state index in [-0.39, 0.29) is 23.3 Å². The van der Waals surface area contributed by atoms with Crippen LogP contribution < -0.4 is 9.64 Å². The van der Waals surface area contributed by atoms with Crippen molar-refractivity contribution in [2.75, 3.05) is 12.0 Å². The zero-order valence-corrected chi connectivity index (χ0v) is 18.8. The van der Waals surface area contributed by atoms with Gasteiger partial charge >= 0.3 is 5.97 Å². The van der Waals surface area contributed by atoms with E-state index in [0.717, 1.165) is 0 Å². The van der Waals surface area contributed by atoms with Gasteiger partial charge in [-0.25, -0.2) is 0 Å². The van der Waals surface area contributed by atoms with Crippen LogP contribution in [0.1, 0.15) is 22.7 Å². The Kier molecular flexibility index (Phi) is 6.38. The second-order valence-electron chi connectivity index (χ2n) is 7.67. The summed E-state index contributed by atoms with van der Waals surface area (Å²) in [6.45, 7) is 0. The zero-order chi connectivity index (χ0) is 24.4. The Balaban J connectivity index is 1.87. The second-order valence-corrected chi connectivity index (χ2v) is 8.07. The average molecular weight is 478 g/mol. The van der Waals surface area contributed by atoms with Gasteiger partial charge < -0.3 is 14.9 Å². The molecule has 1 unspecified atom stereocenters. The maximum absolute atomic E-state index is 13.2. The van der Waals surface area contributed by atoms with Crippen molar-refractivity contribution in [3.63, 3.8) is 0 Å². The Hall–Kier alpha value is -4.10. The third-order valence-electron chi connectivity index (χ3n) is 5.55. The van der Waals surface area contributed by atoms with Crippen LogP contribution in [0.4, 0.5) is 5.69 Å². The fourth-order valence-electron chi connectivity index (χ4n) is 3.96. The number of aliphatic carboxylic acids is 1. The molecule has 1 aliphatic rings. The lowest BCUT2D eigenvalue weighted by molar-refractivity contribution is -0.136. The number of methoxy groups -OCH3 is 1. The maximum atomic E-state index is 13.2. The smallest absolute Gasteiger partial charge is 0.307 e. The van der Waals surface area contributed by atoms with Gasteiger partial charge in [-0.15, -0.1) is 0 Å². The Morgan fingerprint density at radius 3 is 2.29 bits per heavy atom. The number of carbonyl (C=O) groups excluding carboxylic acids is 2. The molecule has 1 amide bonds. The third-order valence-corrected chi connectivity index (χ3v) is 5.87. The van der Waals surface area contributed by atoms with Crippen LogP contribution in [0.5, 0.6) is 5.75 Å². The first-order chi connectivity index (χ1) is 16.3. The zero-order valence-electron chi connectivity index (χ0n) is 18.1. The summed E-state index contributed by atoms with van der Waals surface area (Å²) in [6, 6.07) is 18.9. The number of hydrogen-bond donors (Lipinski definition) is 2. The first-order valence-electron chi connectivity index (χ1n) is 10.3. The SMILES string of the molecule is COc1cc(/C(O)=C2/C(=O)C(=O)N(c3ccc(CC(=O)O)cc3)C2c2ccccc2)ccc1Cl. The molecule has 0 bridgehead atoms. The van der Waals surface area contributed by atoms with Crippen molar-refractivity contribution in [3.8, 4) is 5.75 Å². The Morgan fingerprint density at radius 2 is 1.68 bits per heavy atom. The fraction of sp³-hybridized carbons (Fsp3) is 0.115. The summed E-state index contributed by atoms with van der Waals surface area (Å²) in [6.07, 6.45) is -0.167. The van der Waals surface area contributed by atoms with E-state index in [4.69, 9.17) is 21.4 Å². The maximum Gasteiger partial charge on any atom is 0.307 e. The van der Waals surface area contributed by atoms with Crippen molar-refractivity contribution in [1.82, 2.24) is 0 Å². The van der Waals surface area contributed by atoms with Crippen LogP contribution in [-0.2, 0) is 20.8 Å². The molecule has 3 aromatic carbocycles. The van der Waals surface area contributed by atoms with Crippen molar-refractivity contribution < 1.29 is 29.3 Å². The minimum Gasteiger partial charge on any atom is -0.507 e. The molecule has 2 N–H and O–H groups in total. The van der Waals surface area contributed by atoms with Gasteiger partial charge in [0.2, 0.25) is 0 Å². The molecular formula is C26H20ClNO6. The second kappa shape index (κ2) is 9.41. The molecule has 0 aliphatic carbocycles. The van der Waals surface area contributed by atoms with Gasteiger partial charge in [0.25, 0.3) is 11.7 Å². The van der Waals surface area contributed by atoms with Crippen LogP contribution in [0, 0.1) is 0 Å². The fourth-order valence-corrected chi connectivity index (χ4v) is 4.16. The number of amides is 1. The standard InChI is InChI=1S/C26H20ClNO6/c1-34-20-14-17(9-12-19(20)27)24(31)22-23(16-5-3-2-4-6-16)28(26(33)25(22)32)18-10-7-15(8-11-18)13-21(29)30/h2-12,14,23,31H,13H2,1H3,(H,29,30)/b24-22-. The van der Waals surface area contributed by atoms with Gasteiger partial charge in [0.15, 0.2) is 0 Å². The number of ketones is 1. The topological polar surface area (TPSA) is 104 Å².